The Kier molecular flexibility index (Phi) is 5.78. The molecule has 1 aromatic carbocycles. The number of aromatic nitrogens is 2. The van der Waals surface area contributed by atoms with Crippen molar-refractivity contribution in [2.24, 2.45) is 7.05 Å². The fourth-order valence-corrected chi connectivity index (χ4v) is 3.73. The maximum atomic E-state index is 12.3. The van der Waals surface area contributed by atoms with E-state index in [-0.39, 0.29) is 12.1 Å². The quantitative estimate of drug-likeness (QED) is 0.753. The summed E-state index contributed by atoms with van der Waals surface area (Å²) in [6.45, 7) is -0.468. The van der Waals surface area contributed by atoms with Gasteiger partial charge in [0.15, 0.2) is 6.10 Å². The van der Waals surface area contributed by atoms with Gasteiger partial charge < -0.3 is 19.7 Å². The van der Waals surface area contributed by atoms with Crippen molar-refractivity contribution in [3.63, 3.8) is 0 Å². The average Bonchev–Trinajstić information content (AvgIpc) is 2.95. The minimum atomic E-state index is -4.58. The molecule has 1 aliphatic rings. The number of fused-ring (bicyclic) bond motifs is 1. The summed E-state index contributed by atoms with van der Waals surface area (Å²) in [7, 11) is 1.91. The molecule has 0 radical (unpaired) electrons. The number of alkyl halides is 3. The molecular formula is C17H21BrF3N3O2. The van der Waals surface area contributed by atoms with Crippen molar-refractivity contribution in [1.82, 2.24) is 14.9 Å². The van der Waals surface area contributed by atoms with Crippen molar-refractivity contribution in [1.29, 1.82) is 0 Å². The van der Waals surface area contributed by atoms with Crippen molar-refractivity contribution in [2.75, 3.05) is 6.54 Å². The van der Waals surface area contributed by atoms with Crippen LogP contribution in [-0.4, -0.2) is 45.6 Å². The number of halogens is 4. The van der Waals surface area contributed by atoms with Gasteiger partial charge in [-0.3, -0.25) is 0 Å². The highest BCUT2D eigenvalue weighted by molar-refractivity contribution is 9.10. The zero-order chi connectivity index (χ0) is 18.9. The summed E-state index contributed by atoms with van der Waals surface area (Å²) < 4.78 is 45.9. The molecule has 1 atom stereocenters. The lowest BCUT2D eigenvalue weighted by molar-refractivity contribution is -0.202. The van der Waals surface area contributed by atoms with Gasteiger partial charge in [-0.25, -0.2) is 4.98 Å². The van der Waals surface area contributed by atoms with Gasteiger partial charge in [0.1, 0.15) is 11.3 Å². The number of rotatable bonds is 5. The highest BCUT2D eigenvalue weighted by Gasteiger charge is 2.38. The second kappa shape index (κ2) is 7.74. The third-order valence-electron chi connectivity index (χ3n) is 4.71. The Morgan fingerprint density at radius 2 is 2.04 bits per heavy atom. The average molecular weight is 436 g/mol. The Bertz CT molecular complexity index is 758. The number of aliphatic hydroxyl groups is 1. The van der Waals surface area contributed by atoms with Gasteiger partial charge in [-0.1, -0.05) is 0 Å². The largest absolute Gasteiger partial charge is 0.490 e. The molecule has 26 heavy (non-hydrogen) atoms. The van der Waals surface area contributed by atoms with Crippen molar-refractivity contribution in [2.45, 2.75) is 50.1 Å². The molecule has 2 N–H and O–H groups in total. The number of hydrogen-bond acceptors (Lipinski definition) is 4. The van der Waals surface area contributed by atoms with Gasteiger partial charge in [-0.15, -0.1) is 0 Å². The monoisotopic (exact) mass is 435 g/mol. The molecule has 5 nitrogen and oxygen atoms in total. The number of imidazole rings is 1. The van der Waals surface area contributed by atoms with Crippen molar-refractivity contribution >= 4 is 27.0 Å². The van der Waals surface area contributed by atoms with Crippen LogP contribution in [0, 0.1) is 0 Å². The standard InChI is InChI=1S/C17H21BrF3N3O2/c1-24-9-23-16-13(18)6-12(7-14(16)24)26-11-4-2-10(3-5-11)22-8-15(25)17(19,20)21/h6-7,9-11,15,22,25H,2-5,8H2,1H3. The molecule has 0 saturated heterocycles. The lowest BCUT2D eigenvalue weighted by Crippen LogP contribution is -2.44. The van der Waals surface area contributed by atoms with Gasteiger partial charge in [0.05, 0.1) is 17.9 Å². The molecule has 0 amide bonds. The van der Waals surface area contributed by atoms with Crippen LogP contribution in [0.25, 0.3) is 11.0 Å². The van der Waals surface area contributed by atoms with Crippen LogP contribution in [0.4, 0.5) is 13.2 Å². The molecule has 1 aliphatic carbocycles. The molecule has 1 unspecified atom stereocenters. The maximum Gasteiger partial charge on any atom is 0.415 e. The fourth-order valence-electron chi connectivity index (χ4n) is 3.20. The van der Waals surface area contributed by atoms with E-state index < -0.39 is 18.8 Å². The third-order valence-corrected chi connectivity index (χ3v) is 5.32. The van der Waals surface area contributed by atoms with Crippen LogP contribution >= 0.6 is 15.9 Å². The lowest BCUT2D eigenvalue weighted by Gasteiger charge is -2.30. The highest BCUT2D eigenvalue weighted by Crippen LogP contribution is 2.31. The fraction of sp³-hybridized carbons (Fsp3) is 0.588. The molecule has 0 bridgehead atoms. The highest BCUT2D eigenvalue weighted by atomic mass is 79.9. The first-order chi connectivity index (χ1) is 12.2. The Hall–Kier alpha value is -1.32. The van der Waals surface area contributed by atoms with Crippen LogP contribution in [0.3, 0.4) is 0 Å². The molecule has 1 fully saturated rings. The van der Waals surface area contributed by atoms with Crippen LogP contribution in [0.1, 0.15) is 25.7 Å². The van der Waals surface area contributed by atoms with E-state index in [4.69, 9.17) is 9.84 Å². The molecular weight excluding hydrogens is 415 g/mol. The molecule has 0 aliphatic heterocycles. The SMILES string of the molecule is Cn1cnc2c(Br)cc(OC3CCC(NCC(O)C(F)(F)F)CC3)cc21. The predicted octanol–water partition coefficient (Wildman–Crippen LogP) is 3.54. The third kappa shape index (κ3) is 4.50. The Morgan fingerprint density at radius 3 is 2.69 bits per heavy atom. The molecule has 0 spiro atoms. The van der Waals surface area contributed by atoms with E-state index in [2.05, 4.69) is 26.2 Å². The number of benzene rings is 1. The van der Waals surface area contributed by atoms with Gasteiger partial charge in [-0.2, -0.15) is 13.2 Å². The van der Waals surface area contributed by atoms with Crippen LogP contribution in [0.5, 0.6) is 5.75 Å². The first-order valence-electron chi connectivity index (χ1n) is 8.49. The molecule has 1 aromatic heterocycles. The van der Waals surface area contributed by atoms with E-state index >= 15 is 0 Å². The Labute approximate surface area is 157 Å². The zero-order valence-corrected chi connectivity index (χ0v) is 15.8. The molecule has 2 aromatic rings. The summed E-state index contributed by atoms with van der Waals surface area (Å²) in [6, 6.07) is 3.80. The predicted molar refractivity (Wildman–Crippen MR) is 95.2 cm³/mol. The van der Waals surface area contributed by atoms with Gasteiger partial charge in [0, 0.05) is 30.2 Å². The Balaban J connectivity index is 1.52. The molecule has 144 valence electrons. The minimum Gasteiger partial charge on any atom is -0.490 e. The number of nitrogens with one attached hydrogen (secondary N) is 1. The lowest BCUT2D eigenvalue weighted by atomic mass is 9.93. The topological polar surface area (TPSA) is 59.3 Å². The summed E-state index contributed by atoms with van der Waals surface area (Å²) in [4.78, 5) is 4.32. The molecule has 9 heteroatoms. The van der Waals surface area contributed by atoms with Crippen molar-refractivity contribution in [3.05, 3.63) is 22.9 Å². The van der Waals surface area contributed by atoms with Crippen molar-refractivity contribution < 1.29 is 23.0 Å². The van der Waals surface area contributed by atoms with Crippen molar-refractivity contribution in [3.8, 4) is 5.75 Å². The van der Waals surface area contributed by atoms with Crippen LogP contribution in [0.15, 0.2) is 22.9 Å². The summed E-state index contributed by atoms with van der Waals surface area (Å²) in [5, 5.41) is 11.9. The van der Waals surface area contributed by atoms with E-state index in [0.717, 1.165) is 34.1 Å². The second-order valence-electron chi connectivity index (χ2n) is 6.69. The molecule has 1 heterocycles. The number of aryl methyl sites for hydroxylation is 1. The van der Waals surface area contributed by atoms with Gasteiger partial charge in [0.25, 0.3) is 0 Å². The zero-order valence-electron chi connectivity index (χ0n) is 14.3. The summed E-state index contributed by atoms with van der Waals surface area (Å²) >= 11 is 3.50. The van der Waals surface area contributed by atoms with Crippen LogP contribution in [0.2, 0.25) is 0 Å². The minimum absolute atomic E-state index is 0.0261. The molecule has 1 saturated carbocycles. The smallest absolute Gasteiger partial charge is 0.415 e. The van der Waals surface area contributed by atoms with E-state index in [1.54, 1.807) is 6.33 Å². The van der Waals surface area contributed by atoms with E-state index in [0.29, 0.717) is 12.8 Å². The van der Waals surface area contributed by atoms with Gasteiger partial charge >= 0.3 is 6.18 Å². The van der Waals surface area contributed by atoms with E-state index in [1.165, 1.54) is 0 Å². The second-order valence-corrected chi connectivity index (χ2v) is 7.54. The molecule has 3 rings (SSSR count). The number of aliphatic hydroxyl groups excluding tert-OH is 1. The summed E-state index contributed by atoms with van der Waals surface area (Å²) in [5.41, 5.74) is 1.84. The number of hydrogen-bond donors (Lipinski definition) is 2. The number of nitrogens with zero attached hydrogens (tertiary/aromatic N) is 2. The number of ether oxygens (including phenoxy) is 1. The Morgan fingerprint density at radius 1 is 1.35 bits per heavy atom. The summed E-state index contributed by atoms with van der Waals surface area (Å²) in [5.74, 6) is 0.747. The first-order valence-corrected chi connectivity index (χ1v) is 9.28. The maximum absolute atomic E-state index is 12.3. The summed E-state index contributed by atoms with van der Waals surface area (Å²) in [6.07, 6.45) is -2.20. The van der Waals surface area contributed by atoms with Crippen LogP contribution in [-0.2, 0) is 7.05 Å². The van der Waals surface area contributed by atoms with Gasteiger partial charge in [0.2, 0.25) is 0 Å². The van der Waals surface area contributed by atoms with E-state index in [9.17, 15) is 13.2 Å². The normalized spacial score (nSPS) is 22.5. The van der Waals surface area contributed by atoms with E-state index in [1.807, 2.05) is 23.7 Å². The van der Waals surface area contributed by atoms with Crippen LogP contribution < -0.4 is 10.1 Å². The first kappa shape index (κ1) is 19.4. The van der Waals surface area contributed by atoms with Gasteiger partial charge in [-0.05, 0) is 47.7 Å².